The second-order valence-corrected chi connectivity index (χ2v) is 8.97. The van der Waals surface area contributed by atoms with Gasteiger partial charge in [0.05, 0.1) is 4.91 Å². The molecular weight excluding hydrogens is 432 g/mol. The van der Waals surface area contributed by atoms with Crippen molar-refractivity contribution in [2.24, 2.45) is 0 Å². The van der Waals surface area contributed by atoms with Crippen molar-refractivity contribution in [3.8, 4) is 0 Å². The summed E-state index contributed by atoms with van der Waals surface area (Å²) in [4.78, 5) is 37.2. The highest BCUT2D eigenvalue weighted by Gasteiger charge is 2.31. The summed E-state index contributed by atoms with van der Waals surface area (Å²) < 4.78 is 0.516. The Labute approximate surface area is 192 Å². The Balaban J connectivity index is 1.73. The minimum absolute atomic E-state index is 0.0687. The van der Waals surface area contributed by atoms with Gasteiger partial charge >= 0.3 is 5.97 Å². The van der Waals surface area contributed by atoms with Crippen molar-refractivity contribution in [2.75, 3.05) is 13.1 Å². The first-order valence-corrected chi connectivity index (χ1v) is 11.6. The second-order valence-electron chi connectivity index (χ2n) is 7.29. The van der Waals surface area contributed by atoms with Crippen LogP contribution in [-0.4, -0.2) is 45.2 Å². The highest BCUT2D eigenvalue weighted by molar-refractivity contribution is 8.26. The quantitative estimate of drug-likeness (QED) is 0.274. The molecule has 0 atom stereocenters. The van der Waals surface area contributed by atoms with Crippen LogP contribution in [0.15, 0.2) is 46.9 Å². The van der Waals surface area contributed by atoms with E-state index in [1.54, 1.807) is 4.90 Å². The van der Waals surface area contributed by atoms with Crippen molar-refractivity contribution in [1.82, 2.24) is 10.2 Å². The van der Waals surface area contributed by atoms with E-state index in [2.05, 4.69) is 5.32 Å². The second kappa shape index (κ2) is 13.1. The molecule has 1 heterocycles. The maximum atomic E-state index is 12.7. The predicted octanol–water partition coefficient (Wildman–Crippen LogP) is 4.38. The largest absolute Gasteiger partial charge is 0.481 e. The van der Waals surface area contributed by atoms with E-state index in [4.69, 9.17) is 17.3 Å². The number of unbranched alkanes of at least 4 members (excludes halogenated alkanes) is 2. The zero-order valence-corrected chi connectivity index (χ0v) is 19.3. The summed E-state index contributed by atoms with van der Waals surface area (Å²) in [6, 6.07) is 9.90. The van der Waals surface area contributed by atoms with E-state index in [1.165, 1.54) is 11.8 Å². The molecule has 0 aliphatic carbocycles. The van der Waals surface area contributed by atoms with Crippen LogP contribution >= 0.6 is 24.0 Å². The molecule has 0 radical (unpaired) electrons. The van der Waals surface area contributed by atoms with E-state index < -0.39 is 5.97 Å². The van der Waals surface area contributed by atoms with Gasteiger partial charge in [-0.3, -0.25) is 19.3 Å². The molecule has 0 bridgehead atoms. The zero-order valence-electron chi connectivity index (χ0n) is 17.6. The number of aliphatic carboxylic acids is 1. The van der Waals surface area contributed by atoms with Crippen molar-refractivity contribution in [2.45, 2.75) is 45.4 Å². The number of nitrogens with zero attached hydrogens (tertiary/aromatic N) is 1. The molecule has 8 heteroatoms. The Bertz CT molecular complexity index is 866. The lowest BCUT2D eigenvalue weighted by molar-refractivity contribution is -0.137. The normalized spacial score (nSPS) is 15.6. The molecule has 1 aliphatic rings. The van der Waals surface area contributed by atoms with Crippen LogP contribution in [0.25, 0.3) is 6.08 Å². The van der Waals surface area contributed by atoms with Gasteiger partial charge in [-0.25, -0.2) is 0 Å². The van der Waals surface area contributed by atoms with E-state index in [-0.39, 0.29) is 18.2 Å². The van der Waals surface area contributed by atoms with Crippen LogP contribution in [0.1, 0.15) is 51.0 Å². The highest BCUT2D eigenvalue weighted by atomic mass is 32.2. The molecule has 1 aromatic carbocycles. The maximum Gasteiger partial charge on any atom is 0.303 e. The van der Waals surface area contributed by atoms with Gasteiger partial charge in [-0.15, -0.1) is 0 Å². The molecule has 1 saturated heterocycles. The van der Waals surface area contributed by atoms with Gasteiger partial charge in [-0.2, -0.15) is 0 Å². The SMILES string of the molecule is CC(/C=C1\SC(=S)N(CCCC(=O)NCCCCCC(=O)O)C1=O)=C\c1ccccc1. The molecule has 2 rings (SSSR count). The number of carbonyl (C=O) groups excluding carboxylic acids is 2. The molecule has 0 spiro atoms. The van der Waals surface area contributed by atoms with Crippen molar-refractivity contribution in [3.05, 3.63) is 52.4 Å². The summed E-state index contributed by atoms with van der Waals surface area (Å²) in [6.45, 7) is 2.90. The molecule has 2 N–H and O–H groups in total. The van der Waals surface area contributed by atoms with E-state index >= 15 is 0 Å². The molecule has 0 aromatic heterocycles. The van der Waals surface area contributed by atoms with Crippen LogP contribution in [-0.2, 0) is 14.4 Å². The average Bonchev–Trinajstić information content (AvgIpc) is 2.98. The van der Waals surface area contributed by atoms with Gasteiger partial charge in [0, 0.05) is 25.9 Å². The summed E-state index contributed by atoms with van der Waals surface area (Å²) in [5.41, 5.74) is 2.04. The Hall–Kier alpha value is -2.45. The molecule has 6 nitrogen and oxygen atoms in total. The van der Waals surface area contributed by atoms with E-state index in [0.717, 1.165) is 24.0 Å². The number of thiocarbonyl (C=S) groups is 1. The average molecular weight is 461 g/mol. The standard InChI is InChI=1S/C23H28N2O4S2/c1-17(15-18-9-4-2-5-10-18)16-19-22(29)25(23(30)31-19)14-8-11-20(26)24-13-7-3-6-12-21(27)28/h2,4-5,9-10,15-16H,3,6-8,11-14H2,1H3,(H,24,26)(H,27,28)/b17-15+,19-16-. The number of allylic oxidation sites excluding steroid dienone is 2. The third kappa shape index (κ3) is 9.06. The number of benzene rings is 1. The first-order chi connectivity index (χ1) is 14.9. The van der Waals surface area contributed by atoms with Crippen LogP contribution < -0.4 is 5.32 Å². The van der Waals surface area contributed by atoms with E-state index in [9.17, 15) is 14.4 Å². The van der Waals surface area contributed by atoms with E-state index in [0.29, 0.717) is 41.6 Å². The minimum Gasteiger partial charge on any atom is -0.481 e. The van der Waals surface area contributed by atoms with Gasteiger partial charge in [0.15, 0.2) is 0 Å². The summed E-state index contributed by atoms with van der Waals surface area (Å²) in [5.74, 6) is -0.979. The van der Waals surface area contributed by atoms with Gasteiger partial charge in [0.1, 0.15) is 4.32 Å². The number of thioether (sulfide) groups is 1. The number of carbonyl (C=O) groups is 3. The Morgan fingerprint density at radius 2 is 1.87 bits per heavy atom. The monoisotopic (exact) mass is 460 g/mol. The lowest BCUT2D eigenvalue weighted by atomic mass is 10.1. The van der Waals surface area contributed by atoms with Crippen molar-refractivity contribution < 1.29 is 19.5 Å². The third-order valence-electron chi connectivity index (χ3n) is 4.60. The lowest BCUT2D eigenvalue weighted by Crippen LogP contribution is -2.31. The van der Waals surface area contributed by atoms with Crippen LogP contribution in [0, 0.1) is 0 Å². The molecule has 0 unspecified atom stereocenters. The molecular formula is C23H28N2O4S2. The van der Waals surface area contributed by atoms with Crippen LogP contribution in [0.2, 0.25) is 0 Å². The topological polar surface area (TPSA) is 86.7 Å². The van der Waals surface area contributed by atoms with E-state index in [1.807, 2.05) is 49.4 Å². The van der Waals surface area contributed by atoms with Crippen molar-refractivity contribution in [3.63, 3.8) is 0 Å². The van der Waals surface area contributed by atoms with Gasteiger partial charge in [-0.1, -0.05) is 66.8 Å². The predicted molar refractivity (Wildman–Crippen MR) is 128 cm³/mol. The van der Waals surface area contributed by atoms with Gasteiger partial charge in [-0.05, 0) is 43.4 Å². The van der Waals surface area contributed by atoms with Gasteiger partial charge in [0.25, 0.3) is 5.91 Å². The van der Waals surface area contributed by atoms with Crippen LogP contribution in [0.5, 0.6) is 0 Å². The van der Waals surface area contributed by atoms with Crippen LogP contribution in [0.3, 0.4) is 0 Å². The van der Waals surface area contributed by atoms with Gasteiger partial charge < -0.3 is 10.4 Å². The van der Waals surface area contributed by atoms with Crippen molar-refractivity contribution in [1.29, 1.82) is 0 Å². The summed E-state index contributed by atoms with van der Waals surface area (Å²) in [6.07, 6.45) is 7.02. The molecule has 1 aliphatic heterocycles. The highest BCUT2D eigenvalue weighted by Crippen LogP contribution is 2.32. The number of nitrogens with one attached hydrogen (secondary N) is 1. The number of hydrogen-bond acceptors (Lipinski definition) is 5. The summed E-state index contributed by atoms with van der Waals surface area (Å²) in [7, 11) is 0. The Morgan fingerprint density at radius 3 is 2.58 bits per heavy atom. The number of amides is 2. The fraction of sp³-hybridized carbons (Fsp3) is 0.391. The zero-order chi connectivity index (χ0) is 22.6. The van der Waals surface area contributed by atoms with Crippen molar-refractivity contribution >= 4 is 52.2 Å². The smallest absolute Gasteiger partial charge is 0.303 e. The molecule has 2 amide bonds. The summed E-state index contributed by atoms with van der Waals surface area (Å²) >= 11 is 6.64. The number of hydrogen-bond donors (Lipinski definition) is 2. The number of carboxylic acid groups (broad SMARTS) is 1. The molecule has 1 fully saturated rings. The Morgan fingerprint density at radius 1 is 1.13 bits per heavy atom. The fourth-order valence-electron chi connectivity index (χ4n) is 3.05. The molecule has 1 aromatic rings. The first kappa shape index (κ1) is 24.8. The number of carboxylic acids is 1. The minimum atomic E-state index is -0.794. The molecule has 166 valence electrons. The first-order valence-electron chi connectivity index (χ1n) is 10.3. The number of rotatable bonds is 12. The Kier molecular flexibility index (Phi) is 10.5. The van der Waals surface area contributed by atoms with Gasteiger partial charge in [0.2, 0.25) is 5.91 Å². The fourth-order valence-corrected chi connectivity index (χ4v) is 4.40. The summed E-state index contributed by atoms with van der Waals surface area (Å²) in [5, 5.41) is 11.4. The third-order valence-corrected chi connectivity index (χ3v) is 5.98. The lowest BCUT2D eigenvalue weighted by Gasteiger charge is -2.14. The molecule has 0 saturated carbocycles. The van der Waals surface area contributed by atoms with Crippen LogP contribution in [0.4, 0.5) is 0 Å². The molecule has 31 heavy (non-hydrogen) atoms. The maximum absolute atomic E-state index is 12.7.